The van der Waals surface area contributed by atoms with E-state index in [0.29, 0.717) is 37.3 Å². The molecule has 0 unspecified atom stereocenters. The van der Waals surface area contributed by atoms with Gasteiger partial charge in [-0.25, -0.2) is 0 Å². The van der Waals surface area contributed by atoms with E-state index in [1.54, 1.807) is 6.26 Å². The number of aryl methyl sites for hydroxylation is 1. The zero-order chi connectivity index (χ0) is 25.8. The molecule has 1 saturated heterocycles. The predicted octanol–water partition coefficient (Wildman–Crippen LogP) is 5.29. The number of nitrogens with zero attached hydrogens (tertiary/aromatic N) is 4. The van der Waals surface area contributed by atoms with Crippen molar-refractivity contribution in [1.29, 1.82) is 0 Å². The van der Waals surface area contributed by atoms with Crippen LogP contribution in [0.3, 0.4) is 0 Å². The summed E-state index contributed by atoms with van der Waals surface area (Å²) in [7, 11) is 0. The van der Waals surface area contributed by atoms with E-state index in [0.717, 1.165) is 43.1 Å². The van der Waals surface area contributed by atoms with Gasteiger partial charge in [-0.2, -0.15) is 18.2 Å². The number of carbonyl (C=O) groups excluding carboxylic acids is 1. The maximum absolute atomic E-state index is 13.0. The van der Waals surface area contributed by atoms with E-state index >= 15 is 0 Å². The van der Waals surface area contributed by atoms with Crippen LogP contribution in [0.25, 0.3) is 22.8 Å². The van der Waals surface area contributed by atoms with Crippen molar-refractivity contribution in [3.8, 4) is 22.8 Å². The average Bonchev–Trinajstić information content (AvgIpc) is 3.61. The molecule has 10 heteroatoms. The summed E-state index contributed by atoms with van der Waals surface area (Å²) >= 11 is 0. The Hall–Kier alpha value is -3.92. The van der Waals surface area contributed by atoms with Gasteiger partial charge in [0.05, 0.1) is 11.8 Å². The minimum atomic E-state index is -4.45. The molecule has 2 aromatic heterocycles. The van der Waals surface area contributed by atoms with Crippen molar-refractivity contribution in [3.63, 3.8) is 0 Å². The minimum absolute atomic E-state index is 0.0294. The second-order valence-electron chi connectivity index (χ2n) is 8.93. The highest BCUT2D eigenvalue weighted by atomic mass is 19.4. The van der Waals surface area contributed by atoms with Gasteiger partial charge in [-0.15, -0.1) is 0 Å². The van der Waals surface area contributed by atoms with Crippen LogP contribution in [0.4, 0.5) is 13.2 Å². The van der Waals surface area contributed by atoms with Gasteiger partial charge < -0.3 is 13.8 Å². The number of furan rings is 1. The lowest BCUT2D eigenvalue weighted by molar-refractivity contribution is -0.137. The number of alkyl halides is 3. The third-order valence-electron chi connectivity index (χ3n) is 6.37. The number of benzene rings is 2. The van der Waals surface area contributed by atoms with E-state index in [9.17, 15) is 18.0 Å². The predicted molar refractivity (Wildman–Crippen MR) is 129 cm³/mol. The highest BCUT2D eigenvalue weighted by molar-refractivity contribution is 5.76. The van der Waals surface area contributed by atoms with Crippen LogP contribution in [-0.4, -0.2) is 52.0 Å². The molecule has 1 aliphatic rings. The van der Waals surface area contributed by atoms with E-state index in [4.69, 9.17) is 8.94 Å². The van der Waals surface area contributed by atoms with Gasteiger partial charge in [0.2, 0.25) is 11.7 Å². The first-order valence-electron chi connectivity index (χ1n) is 12.0. The van der Waals surface area contributed by atoms with Crippen molar-refractivity contribution in [1.82, 2.24) is 19.9 Å². The van der Waals surface area contributed by atoms with Crippen molar-refractivity contribution >= 4 is 5.91 Å². The van der Waals surface area contributed by atoms with E-state index in [-0.39, 0.29) is 17.4 Å². The van der Waals surface area contributed by atoms with Crippen LogP contribution in [-0.2, 0) is 23.9 Å². The Morgan fingerprint density at radius 2 is 1.73 bits per heavy atom. The fourth-order valence-corrected chi connectivity index (χ4v) is 4.30. The maximum atomic E-state index is 13.0. The third kappa shape index (κ3) is 6.08. The largest absolute Gasteiger partial charge is 0.469 e. The van der Waals surface area contributed by atoms with Gasteiger partial charge in [0.1, 0.15) is 5.76 Å². The van der Waals surface area contributed by atoms with Gasteiger partial charge in [-0.1, -0.05) is 35.5 Å². The Morgan fingerprint density at radius 1 is 0.946 bits per heavy atom. The molecule has 2 aromatic carbocycles. The Balaban J connectivity index is 1.14. The number of aromatic nitrogens is 2. The van der Waals surface area contributed by atoms with Gasteiger partial charge in [-0.3, -0.25) is 9.69 Å². The normalized spacial score (nSPS) is 14.7. The van der Waals surface area contributed by atoms with Crippen LogP contribution < -0.4 is 0 Å². The van der Waals surface area contributed by atoms with Gasteiger partial charge in [0.25, 0.3) is 5.89 Å². The summed E-state index contributed by atoms with van der Waals surface area (Å²) in [4.78, 5) is 21.0. The molecule has 0 bridgehead atoms. The Kier molecular flexibility index (Phi) is 7.09. The van der Waals surface area contributed by atoms with Crippen LogP contribution >= 0.6 is 0 Å². The molecule has 0 saturated carbocycles. The number of halogens is 3. The Bertz CT molecular complexity index is 1330. The molecule has 37 heavy (non-hydrogen) atoms. The molecular weight excluding hydrogens is 485 g/mol. The highest BCUT2D eigenvalue weighted by Gasteiger charge is 2.31. The number of piperazine rings is 1. The second-order valence-corrected chi connectivity index (χ2v) is 8.93. The number of carbonyl (C=O) groups is 1. The van der Waals surface area contributed by atoms with Crippen molar-refractivity contribution < 1.29 is 26.9 Å². The molecule has 1 aliphatic heterocycles. The van der Waals surface area contributed by atoms with E-state index in [1.165, 1.54) is 12.1 Å². The molecule has 0 radical (unpaired) electrons. The smallest absolute Gasteiger partial charge is 0.416 e. The monoisotopic (exact) mass is 510 g/mol. The van der Waals surface area contributed by atoms with Crippen molar-refractivity contribution in [3.05, 3.63) is 83.8 Å². The molecule has 4 aromatic rings. The molecule has 0 aliphatic carbocycles. The zero-order valence-corrected chi connectivity index (χ0v) is 19.9. The SMILES string of the molecule is O=C(CCc1ccco1)N1CCN(Cc2ccc(-c3noc(-c4cccc(C(F)(F)F)c4)n3)cc2)CC1. The molecule has 3 heterocycles. The summed E-state index contributed by atoms with van der Waals surface area (Å²) in [6.07, 6.45) is -1.77. The summed E-state index contributed by atoms with van der Waals surface area (Å²) in [5.74, 6) is 1.30. The summed E-state index contributed by atoms with van der Waals surface area (Å²) in [5.41, 5.74) is 1.25. The fourth-order valence-electron chi connectivity index (χ4n) is 4.30. The summed E-state index contributed by atoms with van der Waals surface area (Å²) in [6.45, 7) is 3.71. The molecule has 5 rings (SSSR count). The summed E-state index contributed by atoms with van der Waals surface area (Å²) in [6, 6.07) is 16.2. The summed E-state index contributed by atoms with van der Waals surface area (Å²) in [5, 5.41) is 3.94. The van der Waals surface area contributed by atoms with Crippen LogP contribution in [0.2, 0.25) is 0 Å². The van der Waals surface area contributed by atoms with Crippen molar-refractivity contribution in [2.24, 2.45) is 0 Å². The first-order valence-corrected chi connectivity index (χ1v) is 12.0. The second kappa shape index (κ2) is 10.6. The number of hydrogen-bond acceptors (Lipinski definition) is 6. The van der Waals surface area contributed by atoms with Crippen LogP contribution in [0.1, 0.15) is 23.3 Å². The van der Waals surface area contributed by atoms with Crippen LogP contribution in [0, 0.1) is 0 Å². The maximum Gasteiger partial charge on any atom is 0.416 e. The van der Waals surface area contributed by atoms with Crippen LogP contribution in [0.5, 0.6) is 0 Å². The fraction of sp³-hybridized carbons (Fsp3) is 0.296. The first-order chi connectivity index (χ1) is 17.8. The van der Waals surface area contributed by atoms with Gasteiger partial charge in [-0.05, 0) is 35.9 Å². The average molecular weight is 511 g/mol. The van der Waals surface area contributed by atoms with Gasteiger partial charge >= 0.3 is 6.18 Å². The number of rotatable bonds is 7. The van der Waals surface area contributed by atoms with E-state index in [2.05, 4.69) is 15.0 Å². The molecule has 192 valence electrons. The summed E-state index contributed by atoms with van der Waals surface area (Å²) < 4.78 is 49.5. The van der Waals surface area contributed by atoms with Crippen molar-refractivity contribution in [2.45, 2.75) is 25.6 Å². The molecule has 0 spiro atoms. The van der Waals surface area contributed by atoms with Gasteiger partial charge in [0.15, 0.2) is 0 Å². The lowest BCUT2D eigenvalue weighted by Gasteiger charge is -2.34. The minimum Gasteiger partial charge on any atom is -0.469 e. The lowest BCUT2D eigenvalue weighted by atomic mass is 10.1. The molecule has 7 nitrogen and oxygen atoms in total. The Morgan fingerprint density at radius 3 is 2.43 bits per heavy atom. The molecule has 1 fully saturated rings. The van der Waals surface area contributed by atoms with Gasteiger partial charge in [0, 0.05) is 56.7 Å². The number of hydrogen-bond donors (Lipinski definition) is 0. The van der Waals surface area contributed by atoms with E-state index < -0.39 is 11.7 Å². The zero-order valence-electron chi connectivity index (χ0n) is 19.9. The van der Waals surface area contributed by atoms with Crippen molar-refractivity contribution in [2.75, 3.05) is 26.2 Å². The number of amides is 1. The molecule has 0 N–H and O–H groups in total. The topological polar surface area (TPSA) is 75.6 Å². The van der Waals surface area contributed by atoms with E-state index in [1.807, 2.05) is 41.3 Å². The molecular formula is C27H25F3N4O3. The first kappa shape index (κ1) is 24.8. The molecule has 1 amide bonds. The van der Waals surface area contributed by atoms with Crippen LogP contribution in [0.15, 0.2) is 75.9 Å². The lowest BCUT2D eigenvalue weighted by Crippen LogP contribution is -2.48. The Labute approximate surface area is 211 Å². The molecule has 0 atom stereocenters. The standard InChI is InChI=1S/C27H25F3N4O3/c28-27(29,30)22-4-1-3-21(17-22)26-31-25(32-37-26)20-8-6-19(7-9-20)18-33-12-14-34(15-13-33)24(35)11-10-23-5-2-16-36-23/h1-9,16-17H,10-15,18H2. The quantitative estimate of drug-likeness (QED) is 0.336. The third-order valence-corrected chi connectivity index (χ3v) is 6.37. The highest BCUT2D eigenvalue weighted by Crippen LogP contribution is 2.32.